The summed E-state index contributed by atoms with van der Waals surface area (Å²) < 4.78 is 37.0. The Kier molecular flexibility index (Phi) is 6.47. The first kappa shape index (κ1) is 24.5. The lowest BCUT2D eigenvalue weighted by molar-refractivity contribution is 0.188. The predicted octanol–water partition coefficient (Wildman–Crippen LogP) is 4.11. The first-order chi connectivity index (χ1) is 17.9. The molecule has 6 rings (SSSR count). The van der Waals surface area contributed by atoms with E-state index >= 15 is 4.39 Å². The number of ether oxygens (including phenoxy) is 1. The minimum Gasteiger partial charge on any atom is -0.462 e. The van der Waals surface area contributed by atoms with Crippen LogP contribution in [0.3, 0.4) is 0 Å². The number of anilines is 2. The van der Waals surface area contributed by atoms with Gasteiger partial charge in [-0.1, -0.05) is 35.1 Å². The van der Waals surface area contributed by atoms with Gasteiger partial charge in [0, 0.05) is 55.3 Å². The second-order valence-electron chi connectivity index (χ2n) is 9.45. The van der Waals surface area contributed by atoms with Crippen molar-refractivity contribution in [1.82, 2.24) is 25.2 Å². The van der Waals surface area contributed by atoms with Gasteiger partial charge in [0.15, 0.2) is 10.9 Å². The van der Waals surface area contributed by atoms with E-state index in [0.29, 0.717) is 53.5 Å². The molecule has 4 aromatic rings. The highest BCUT2D eigenvalue weighted by Crippen LogP contribution is 2.42. The molecule has 194 valence electrons. The SMILES string of the molecule is CN1C[C@@H](F)C[C@H]1COc1nc(N2CCNCC2)c2cc(Cl)c(-c3cccc4sc(N)nc34)c(F)c2n1. The normalized spacial score (nSPS) is 20.8. The molecule has 0 amide bonds. The number of halogens is 3. The number of hydrogen-bond donors (Lipinski definition) is 2. The van der Waals surface area contributed by atoms with Gasteiger partial charge < -0.3 is 20.7 Å². The van der Waals surface area contributed by atoms with Gasteiger partial charge in [0.1, 0.15) is 24.1 Å². The molecule has 0 aliphatic carbocycles. The second-order valence-corrected chi connectivity index (χ2v) is 10.9. The minimum atomic E-state index is -0.892. The van der Waals surface area contributed by atoms with Crippen molar-refractivity contribution in [2.24, 2.45) is 0 Å². The van der Waals surface area contributed by atoms with Crippen LogP contribution < -0.4 is 20.7 Å². The van der Waals surface area contributed by atoms with E-state index in [1.54, 1.807) is 12.1 Å². The van der Waals surface area contributed by atoms with Crippen molar-refractivity contribution in [3.8, 4) is 17.1 Å². The molecule has 8 nitrogen and oxygen atoms in total. The molecule has 0 saturated carbocycles. The maximum atomic E-state index is 16.4. The summed E-state index contributed by atoms with van der Waals surface area (Å²) in [5.41, 5.74) is 7.38. The zero-order valence-electron chi connectivity index (χ0n) is 20.2. The van der Waals surface area contributed by atoms with E-state index in [1.165, 1.54) is 11.3 Å². The molecule has 12 heteroatoms. The summed E-state index contributed by atoms with van der Waals surface area (Å²) in [4.78, 5) is 17.6. The molecule has 2 fully saturated rings. The number of rotatable bonds is 5. The van der Waals surface area contributed by atoms with E-state index in [1.807, 2.05) is 24.1 Å². The van der Waals surface area contributed by atoms with E-state index in [2.05, 4.69) is 25.2 Å². The van der Waals surface area contributed by atoms with Crippen molar-refractivity contribution in [1.29, 1.82) is 0 Å². The van der Waals surface area contributed by atoms with Crippen molar-refractivity contribution < 1.29 is 13.5 Å². The molecular formula is C25H26ClF2N7OS. The molecule has 4 heterocycles. The molecule has 2 aromatic heterocycles. The fourth-order valence-electron chi connectivity index (χ4n) is 5.13. The van der Waals surface area contributed by atoms with Crippen LogP contribution in [-0.4, -0.2) is 78.4 Å². The third-order valence-electron chi connectivity index (χ3n) is 7.01. The highest BCUT2D eigenvalue weighted by atomic mass is 35.5. The number of hydrogen-bond acceptors (Lipinski definition) is 9. The maximum absolute atomic E-state index is 16.4. The van der Waals surface area contributed by atoms with Gasteiger partial charge in [-0.2, -0.15) is 9.97 Å². The van der Waals surface area contributed by atoms with Crippen LogP contribution in [0, 0.1) is 5.82 Å². The molecule has 0 spiro atoms. The number of aromatic nitrogens is 3. The third-order valence-corrected chi connectivity index (χ3v) is 8.15. The first-order valence-electron chi connectivity index (χ1n) is 12.2. The summed E-state index contributed by atoms with van der Waals surface area (Å²) in [7, 11) is 1.86. The number of likely N-dealkylation sites (N-methyl/N-ethyl adjacent to an activating group) is 1. The van der Waals surface area contributed by atoms with Crippen LogP contribution in [0.5, 0.6) is 6.01 Å². The Hall–Kier alpha value is -2.86. The monoisotopic (exact) mass is 545 g/mol. The Morgan fingerprint density at radius 2 is 2.03 bits per heavy atom. The average Bonchev–Trinajstić information content (AvgIpc) is 3.43. The Morgan fingerprint density at radius 1 is 1.22 bits per heavy atom. The van der Waals surface area contributed by atoms with Crippen LogP contribution in [0.4, 0.5) is 19.7 Å². The van der Waals surface area contributed by atoms with Gasteiger partial charge in [0.2, 0.25) is 0 Å². The van der Waals surface area contributed by atoms with E-state index in [-0.39, 0.29) is 34.8 Å². The molecule has 2 aliphatic rings. The molecule has 0 unspecified atom stereocenters. The van der Waals surface area contributed by atoms with Gasteiger partial charge in [0.25, 0.3) is 0 Å². The number of nitrogens with zero attached hydrogens (tertiary/aromatic N) is 5. The van der Waals surface area contributed by atoms with Gasteiger partial charge in [-0.25, -0.2) is 13.8 Å². The number of alkyl halides is 1. The van der Waals surface area contributed by atoms with Gasteiger partial charge in [0.05, 0.1) is 15.2 Å². The van der Waals surface area contributed by atoms with Crippen LogP contribution in [0.15, 0.2) is 24.3 Å². The maximum Gasteiger partial charge on any atom is 0.319 e. The van der Waals surface area contributed by atoms with Crippen LogP contribution in [0.1, 0.15) is 6.42 Å². The number of nitrogen functional groups attached to an aromatic ring is 1. The number of piperazine rings is 1. The fraction of sp³-hybridized carbons (Fsp3) is 0.400. The van der Waals surface area contributed by atoms with Crippen molar-refractivity contribution in [2.75, 3.05) is 57.0 Å². The summed E-state index contributed by atoms with van der Waals surface area (Å²) in [6, 6.07) is 7.15. The first-order valence-corrected chi connectivity index (χ1v) is 13.4. The lowest BCUT2D eigenvalue weighted by Gasteiger charge is -2.29. The van der Waals surface area contributed by atoms with Gasteiger partial charge in [-0.3, -0.25) is 4.90 Å². The number of benzene rings is 2. The number of nitrogens with two attached hydrogens (primary N) is 1. The lowest BCUT2D eigenvalue weighted by Crippen LogP contribution is -2.44. The highest BCUT2D eigenvalue weighted by Gasteiger charge is 2.30. The second kappa shape index (κ2) is 9.79. The van der Waals surface area contributed by atoms with Crippen molar-refractivity contribution in [2.45, 2.75) is 18.6 Å². The van der Waals surface area contributed by atoms with Gasteiger partial charge in [-0.15, -0.1) is 0 Å². The minimum absolute atomic E-state index is 0.0556. The molecule has 2 atom stereocenters. The summed E-state index contributed by atoms with van der Waals surface area (Å²) in [6.45, 7) is 3.50. The Labute approximate surface area is 221 Å². The van der Waals surface area contributed by atoms with E-state index < -0.39 is 12.0 Å². The molecule has 3 N–H and O–H groups in total. The van der Waals surface area contributed by atoms with Crippen molar-refractivity contribution >= 4 is 55.0 Å². The molecule has 0 radical (unpaired) electrons. The Balaban J connectivity index is 1.48. The Morgan fingerprint density at radius 3 is 2.78 bits per heavy atom. The van der Waals surface area contributed by atoms with Crippen LogP contribution in [0.2, 0.25) is 5.02 Å². The standard InChI is InChI=1S/C25H26ClF2N7OS/c1-34-11-13(27)9-14(34)12-36-25-32-22-16(23(33-25)35-7-5-30-6-8-35)10-17(26)19(20(22)28)15-3-2-4-18-21(15)31-24(29)37-18/h2-4,10,13-14,30H,5-9,11-12H2,1H3,(H2,29,31)/t13-,14-/m0/s1. The number of likely N-dealkylation sites (tertiary alicyclic amines) is 1. The zero-order valence-corrected chi connectivity index (χ0v) is 21.8. The van der Waals surface area contributed by atoms with Crippen LogP contribution in [-0.2, 0) is 0 Å². The van der Waals surface area contributed by atoms with E-state index in [0.717, 1.165) is 17.8 Å². The predicted molar refractivity (Wildman–Crippen MR) is 144 cm³/mol. The van der Waals surface area contributed by atoms with Crippen molar-refractivity contribution in [3.05, 3.63) is 35.1 Å². The summed E-state index contributed by atoms with van der Waals surface area (Å²) in [6.07, 6.45) is -0.513. The fourth-order valence-corrected chi connectivity index (χ4v) is 6.19. The smallest absolute Gasteiger partial charge is 0.319 e. The molecule has 2 aliphatic heterocycles. The molecule has 2 saturated heterocycles. The van der Waals surface area contributed by atoms with Crippen LogP contribution in [0.25, 0.3) is 32.2 Å². The summed E-state index contributed by atoms with van der Waals surface area (Å²) in [5, 5.41) is 4.45. The topological polar surface area (TPSA) is 92.4 Å². The quantitative estimate of drug-likeness (QED) is 0.387. The van der Waals surface area contributed by atoms with E-state index in [9.17, 15) is 4.39 Å². The molecular weight excluding hydrogens is 520 g/mol. The van der Waals surface area contributed by atoms with Crippen molar-refractivity contribution in [3.63, 3.8) is 0 Å². The molecule has 37 heavy (non-hydrogen) atoms. The van der Waals surface area contributed by atoms with Gasteiger partial charge in [-0.05, 0) is 25.6 Å². The lowest BCUT2D eigenvalue weighted by atomic mass is 10.0. The Bertz CT molecular complexity index is 1480. The number of fused-ring (bicyclic) bond motifs is 2. The number of nitrogens with one attached hydrogen (secondary N) is 1. The largest absolute Gasteiger partial charge is 0.462 e. The third kappa shape index (κ3) is 4.54. The highest BCUT2D eigenvalue weighted by molar-refractivity contribution is 7.22. The summed E-state index contributed by atoms with van der Waals surface area (Å²) in [5.74, 6) is -0.0138. The van der Waals surface area contributed by atoms with Gasteiger partial charge >= 0.3 is 6.01 Å². The molecule has 2 aromatic carbocycles. The zero-order chi connectivity index (χ0) is 25.7. The number of para-hydroxylation sites is 1. The summed E-state index contributed by atoms with van der Waals surface area (Å²) >= 11 is 8.05. The average molecular weight is 546 g/mol. The van der Waals surface area contributed by atoms with Crippen LogP contribution >= 0.6 is 22.9 Å². The van der Waals surface area contributed by atoms with E-state index in [4.69, 9.17) is 22.1 Å². The molecule has 0 bridgehead atoms. The number of thiazole rings is 1.